The summed E-state index contributed by atoms with van der Waals surface area (Å²) in [4.78, 5) is 33.4. The zero-order valence-corrected chi connectivity index (χ0v) is 17.9. The summed E-state index contributed by atoms with van der Waals surface area (Å²) in [6, 6.07) is 18.6. The highest BCUT2D eigenvalue weighted by atomic mass is 19.1. The van der Waals surface area contributed by atoms with Crippen LogP contribution >= 0.6 is 0 Å². The van der Waals surface area contributed by atoms with Crippen LogP contribution in [0.1, 0.15) is 15.9 Å². The standard InChI is InChI=1S/C25H19FN6O2/c26-20-11-15(19-7-2-1-4-17(19)12-27)8-9-21(20)32-14-30-24-22(25(32)34)31(13-29-24)18-6-3-5-16(10-18)23(28)33/h1-11,13-14H,12,27H2,(H2,28,33). The first-order valence-electron chi connectivity index (χ1n) is 10.4. The lowest BCUT2D eigenvalue weighted by Gasteiger charge is -2.12. The van der Waals surface area contributed by atoms with E-state index in [-0.39, 0.29) is 22.4 Å². The SMILES string of the molecule is NCc1ccccc1-c1ccc(-n2cnc3ncn(-c4cccc(C(N)=O)c4)c3c2=O)c(F)c1. The Balaban J connectivity index is 1.64. The molecule has 0 aliphatic heterocycles. The Labute approximate surface area is 192 Å². The van der Waals surface area contributed by atoms with Crippen LogP contribution in [0.4, 0.5) is 4.39 Å². The van der Waals surface area contributed by atoms with Gasteiger partial charge in [0.25, 0.3) is 5.56 Å². The summed E-state index contributed by atoms with van der Waals surface area (Å²) in [5.41, 5.74) is 14.2. The number of nitrogens with zero attached hydrogens (tertiary/aromatic N) is 4. The summed E-state index contributed by atoms with van der Waals surface area (Å²) in [6.45, 7) is 0.320. The minimum Gasteiger partial charge on any atom is -0.366 e. The van der Waals surface area contributed by atoms with E-state index in [0.29, 0.717) is 17.8 Å². The van der Waals surface area contributed by atoms with Crippen LogP contribution in [-0.2, 0) is 6.54 Å². The first-order valence-corrected chi connectivity index (χ1v) is 10.4. The van der Waals surface area contributed by atoms with Gasteiger partial charge in [-0.3, -0.25) is 18.7 Å². The molecular formula is C25H19FN6O2. The smallest absolute Gasteiger partial charge is 0.284 e. The zero-order valence-electron chi connectivity index (χ0n) is 17.9. The number of primary amides is 1. The van der Waals surface area contributed by atoms with E-state index in [2.05, 4.69) is 9.97 Å². The fourth-order valence-corrected chi connectivity index (χ4v) is 3.94. The Bertz CT molecular complexity index is 1620. The molecule has 5 rings (SSSR count). The molecule has 0 aliphatic rings. The molecule has 0 atom stereocenters. The highest BCUT2D eigenvalue weighted by Crippen LogP contribution is 2.26. The first-order chi connectivity index (χ1) is 16.5. The van der Waals surface area contributed by atoms with Crippen molar-refractivity contribution in [2.75, 3.05) is 0 Å². The Hall–Kier alpha value is -4.63. The Morgan fingerprint density at radius 3 is 2.44 bits per heavy atom. The molecule has 2 heterocycles. The van der Waals surface area contributed by atoms with Gasteiger partial charge in [0, 0.05) is 17.8 Å². The highest BCUT2D eigenvalue weighted by molar-refractivity contribution is 5.93. The second kappa shape index (κ2) is 8.38. The van der Waals surface area contributed by atoms with E-state index >= 15 is 4.39 Å². The van der Waals surface area contributed by atoms with Crippen molar-refractivity contribution in [1.29, 1.82) is 0 Å². The van der Waals surface area contributed by atoms with Crippen molar-refractivity contribution < 1.29 is 9.18 Å². The molecule has 0 radical (unpaired) electrons. The van der Waals surface area contributed by atoms with E-state index in [4.69, 9.17) is 11.5 Å². The molecule has 168 valence electrons. The molecule has 5 aromatic rings. The molecule has 0 unspecified atom stereocenters. The number of fused-ring (bicyclic) bond motifs is 1. The van der Waals surface area contributed by atoms with Gasteiger partial charge in [-0.25, -0.2) is 14.4 Å². The van der Waals surface area contributed by atoms with E-state index < -0.39 is 17.3 Å². The molecule has 2 aromatic heterocycles. The van der Waals surface area contributed by atoms with Crippen LogP contribution in [0.3, 0.4) is 0 Å². The maximum absolute atomic E-state index is 15.2. The van der Waals surface area contributed by atoms with E-state index in [1.807, 2.05) is 24.3 Å². The van der Waals surface area contributed by atoms with E-state index in [1.165, 1.54) is 29.4 Å². The molecule has 4 N–H and O–H groups in total. The van der Waals surface area contributed by atoms with Crippen LogP contribution in [0.25, 0.3) is 33.7 Å². The van der Waals surface area contributed by atoms with Gasteiger partial charge < -0.3 is 11.5 Å². The number of nitrogens with two attached hydrogens (primary N) is 2. The molecule has 0 saturated carbocycles. The summed E-state index contributed by atoms with van der Waals surface area (Å²) >= 11 is 0. The average molecular weight is 454 g/mol. The summed E-state index contributed by atoms with van der Waals surface area (Å²) in [6.07, 6.45) is 2.67. The minimum absolute atomic E-state index is 0.0482. The first kappa shape index (κ1) is 21.2. The summed E-state index contributed by atoms with van der Waals surface area (Å²) in [5, 5.41) is 0. The number of carbonyl (C=O) groups is 1. The van der Waals surface area contributed by atoms with Crippen molar-refractivity contribution >= 4 is 17.1 Å². The predicted octanol–water partition coefficient (Wildman–Crippen LogP) is 2.94. The molecule has 8 nitrogen and oxygen atoms in total. The summed E-state index contributed by atoms with van der Waals surface area (Å²) in [5.74, 6) is -1.19. The molecule has 0 spiro atoms. The highest BCUT2D eigenvalue weighted by Gasteiger charge is 2.16. The fraction of sp³-hybridized carbons (Fsp3) is 0.0400. The molecule has 0 fully saturated rings. The number of halogens is 1. The van der Waals surface area contributed by atoms with Gasteiger partial charge in [-0.1, -0.05) is 36.4 Å². The third-order valence-electron chi connectivity index (χ3n) is 5.63. The number of hydrogen-bond acceptors (Lipinski definition) is 5. The van der Waals surface area contributed by atoms with E-state index in [1.54, 1.807) is 30.3 Å². The predicted molar refractivity (Wildman–Crippen MR) is 126 cm³/mol. The monoisotopic (exact) mass is 454 g/mol. The van der Waals surface area contributed by atoms with Crippen molar-refractivity contribution in [3.05, 3.63) is 107 Å². The Morgan fingerprint density at radius 1 is 0.941 bits per heavy atom. The van der Waals surface area contributed by atoms with Gasteiger partial charge in [-0.15, -0.1) is 0 Å². The second-order valence-electron chi connectivity index (χ2n) is 7.65. The van der Waals surface area contributed by atoms with Crippen molar-refractivity contribution in [3.8, 4) is 22.5 Å². The molecule has 9 heteroatoms. The van der Waals surface area contributed by atoms with Gasteiger partial charge in [0.1, 0.15) is 18.5 Å². The molecule has 0 bridgehead atoms. The van der Waals surface area contributed by atoms with Gasteiger partial charge in [0.05, 0.1) is 5.69 Å². The zero-order chi connectivity index (χ0) is 23.8. The molecule has 34 heavy (non-hydrogen) atoms. The molecule has 3 aromatic carbocycles. The normalized spacial score (nSPS) is 11.1. The van der Waals surface area contributed by atoms with E-state index in [9.17, 15) is 9.59 Å². The minimum atomic E-state index is -0.597. The molecular weight excluding hydrogens is 435 g/mol. The van der Waals surface area contributed by atoms with Gasteiger partial charge >= 0.3 is 0 Å². The molecule has 0 aliphatic carbocycles. The molecule has 1 amide bonds. The lowest BCUT2D eigenvalue weighted by molar-refractivity contribution is 0.1000. The summed E-state index contributed by atoms with van der Waals surface area (Å²) in [7, 11) is 0. The number of imidazole rings is 1. The number of rotatable bonds is 5. The maximum Gasteiger partial charge on any atom is 0.284 e. The lowest BCUT2D eigenvalue weighted by Crippen LogP contribution is -2.21. The quantitative estimate of drug-likeness (QED) is 0.423. The Kier molecular flexibility index (Phi) is 5.23. The number of carbonyl (C=O) groups excluding carboxylic acids is 1. The van der Waals surface area contributed by atoms with Gasteiger partial charge in [0.2, 0.25) is 5.91 Å². The van der Waals surface area contributed by atoms with Crippen LogP contribution in [0.5, 0.6) is 0 Å². The van der Waals surface area contributed by atoms with Gasteiger partial charge in [-0.2, -0.15) is 0 Å². The Morgan fingerprint density at radius 2 is 1.71 bits per heavy atom. The topological polar surface area (TPSA) is 122 Å². The van der Waals surface area contributed by atoms with Crippen LogP contribution in [0.2, 0.25) is 0 Å². The third kappa shape index (κ3) is 3.54. The fourth-order valence-electron chi connectivity index (χ4n) is 3.94. The average Bonchev–Trinajstić information content (AvgIpc) is 3.30. The van der Waals surface area contributed by atoms with Gasteiger partial charge in [-0.05, 0) is 47.0 Å². The number of aromatic nitrogens is 4. The van der Waals surface area contributed by atoms with Crippen molar-refractivity contribution in [2.24, 2.45) is 11.5 Å². The van der Waals surface area contributed by atoms with Crippen molar-refractivity contribution in [3.63, 3.8) is 0 Å². The second-order valence-corrected chi connectivity index (χ2v) is 7.65. The van der Waals surface area contributed by atoms with Crippen LogP contribution < -0.4 is 17.0 Å². The third-order valence-corrected chi connectivity index (χ3v) is 5.63. The number of amides is 1. The largest absolute Gasteiger partial charge is 0.366 e. The molecule has 0 saturated heterocycles. The summed E-state index contributed by atoms with van der Waals surface area (Å²) < 4.78 is 17.9. The number of benzene rings is 3. The van der Waals surface area contributed by atoms with Crippen LogP contribution in [-0.4, -0.2) is 25.0 Å². The van der Waals surface area contributed by atoms with E-state index in [0.717, 1.165) is 15.7 Å². The van der Waals surface area contributed by atoms with Gasteiger partial charge in [0.15, 0.2) is 11.2 Å². The van der Waals surface area contributed by atoms with Crippen LogP contribution in [0, 0.1) is 5.82 Å². The van der Waals surface area contributed by atoms with Crippen molar-refractivity contribution in [2.45, 2.75) is 6.54 Å². The van der Waals surface area contributed by atoms with Crippen molar-refractivity contribution in [1.82, 2.24) is 19.1 Å². The van der Waals surface area contributed by atoms with Crippen LogP contribution in [0.15, 0.2) is 84.2 Å². The lowest BCUT2D eigenvalue weighted by atomic mass is 9.99. The number of hydrogen-bond donors (Lipinski definition) is 2. The maximum atomic E-state index is 15.2.